The number of piperidine rings is 5. The number of methoxy groups -OCH3 is 2. The van der Waals surface area contributed by atoms with Crippen LogP contribution in [0, 0.1) is 6.92 Å². The van der Waals surface area contributed by atoms with E-state index in [1.807, 2.05) is 202 Å². The molecule has 5 saturated heterocycles. The predicted molar refractivity (Wildman–Crippen MR) is 540 cm³/mol. The second-order valence-corrected chi connectivity index (χ2v) is 37.5. The number of amides is 7. The van der Waals surface area contributed by atoms with Gasteiger partial charge in [-0.05, 0) is 289 Å². The number of hydrogen-bond donors (Lipinski definition) is 5. The van der Waals surface area contributed by atoms with Crippen molar-refractivity contribution in [3.05, 3.63) is 274 Å². The van der Waals surface area contributed by atoms with Crippen molar-refractivity contribution in [2.75, 3.05) is 92.4 Å². The summed E-state index contributed by atoms with van der Waals surface area (Å²) in [4.78, 5) is 140. The number of alkyl halides is 1. The summed E-state index contributed by atoms with van der Waals surface area (Å²) >= 11 is 0. The largest absolute Gasteiger partial charge is 0.497 e. The number of nitrogens with zero attached hydrogens (tertiary/aromatic N) is 16. The number of H-pyrrole nitrogens is 1. The van der Waals surface area contributed by atoms with E-state index in [0.29, 0.717) is 89.0 Å². The van der Waals surface area contributed by atoms with Crippen LogP contribution >= 0.6 is 0 Å². The maximum Gasteiger partial charge on any atom is 0.259 e. The van der Waals surface area contributed by atoms with Gasteiger partial charge >= 0.3 is 0 Å². The highest BCUT2D eigenvalue weighted by molar-refractivity contribution is 6.02. The number of aromatic nitrogens is 12. The number of aliphatic hydroxyl groups is 1. The van der Waals surface area contributed by atoms with Crippen LogP contribution in [-0.2, 0) is 6.42 Å². The molecule has 140 heavy (non-hydrogen) atoms. The topological polar surface area (TPSA) is 359 Å². The Hall–Kier alpha value is -15.2. The third-order valence-electron chi connectivity index (χ3n) is 26.3. The van der Waals surface area contributed by atoms with E-state index in [1.54, 1.807) is 106 Å². The van der Waals surface area contributed by atoms with Gasteiger partial charge in [-0.1, -0.05) is 0 Å². The minimum Gasteiger partial charge on any atom is -0.497 e. The summed E-state index contributed by atoms with van der Waals surface area (Å²) in [6.45, 7) is 18.3. The van der Waals surface area contributed by atoms with Gasteiger partial charge in [-0.25, -0.2) is 29.3 Å². The first-order chi connectivity index (χ1) is 67.6. The second-order valence-electron chi connectivity index (χ2n) is 37.5. The molecule has 0 spiro atoms. The first-order valence-electron chi connectivity index (χ1n) is 48.2. The van der Waals surface area contributed by atoms with E-state index < -0.39 is 11.3 Å². The fourth-order valence-electron chi connectivity index (χ4n) is 18.3. The Labute approximate surface area is 811 Å². The molecule has 17 heterocycles. The third kappa shape index (κ3) is 22.8. The number of aryl methyl sites for hydroxylation is 2. The summed E-state index contributed by atoms with van der Waals surface area (Å²) < 4.78 is 34.3. The number of carbonyl (C=O) groups excluding carboxylic acids is 7. The van der Waals surface area contributed by atoms with Gasteiger partial charge in [0.2, 0.25) is 5.43 Å². The predicted octanol–water partition coefficient (Wildman–Crippen LogP) is 16.8. The molecule has 0 saturated carbocycles. The number of ether oxygens (including phenoxy) is 2. The number of nitrogen functional groups attached to an aromatic ring is 1. The van der Waals surface area contributed by atoms with Crippen molar-refractivity contribution in [3.8, 4) is 39.9 Å². The molecule has 6 N–H and O–H groups in total. The van der Waals surface area contributed by atoms with Crippen LogP contribution in [0.3, 0.4) is 0 Å². The summed E-state index contributed by atoms with van der Waals surface area (Å²) in [6, 6.07) is 43.8. The molecule has 0 bridgehead atoms. The molecule has 726 valence electrons. The van der Waals surface area contributed by atoms with Crippen molar-refractivity contribution in [3.63, 3.8) is 0 Å². The lowest BCUT2D eigenvalue weighted by Gasteiger charge is -2.34. The second kappa shape index (κ2) is 43.6. The molecule has 5 aliphatic rings. The molecule has 0 radical (unpaired) electrons. The molecule has 20 rings (SSSR count). The summed E-state index contributed by atoms with van der Waals surface area (Å²) in [5.74, 6) is 1.69. The fraction of sp³-hybridized carbons (Fsp3) is 0.352. The third-order valence-corrected chi connectivity index (χ3v) is 26.3. The minimum absolute atomic E-state index is 0.0418. The van der Waals surface area contributed by atoms with Crippen LogP contribution in [0.5, 0.6) is 11.5 Å². The molecule has 0 atom stereocenters. The maximum absolute atomic E-state index is 14.0. The monoisotopic (exact) mass is 1890 g/mol. The van der Waals surface area contributed by atoms with Gasteiger partial charge in [0.15, 0.2) is 0 Å². The van der Waals surface area contributed by atoms with Gasteiger partial charge in [0.1, 0.15) is 56.8 Å². The van der Waals surface area contributed by atoms with E-state index in [4.69, 9.17) is 20.2 Å². The Morgan fingerprint density at radius 3 is 1.33 bits per heavy atom. The van der Waals surface area contributed by atoms with Gasteiger partial charge in [-0.15, -0.1) is 0 Å². The van der Waals surface area contributed by atoms with Crippen molar-refractivity contribution in [2.45, 2.75) is 162 Å². The van der Waals surface area contributed by atoms with Gasteiger partial charge in [0, 0.05) is 190 Å². The molecule has 3 aromatic carbocycles. The molecule has 0 aliphatic carbocycles. The number of anilines is 1. The molecular weight excluding hydrogens is 1770 g/mol. The average molecular weight is 1890 g/mol. The Morgan fingerprint density at radius 1 is 0.464 bits per heavy atom. The molecule has 15 aromatic rings. The van der Waals surface area contributed by atoms with Crippen LogP contribution in [0.4, 0.5) is 10.2 Å². The maximum atomic E-state index is 14.0. The number of fused-ring (bicyclic) bond motifs is 5. The van der Waals surface area contributed by atoms with Crippen LogP contribution in [0.1, 0.15) is 215 Å². The number of rotatable bonds is 18. The van der Waals surface area contributed by atoms with Crippen molar-refractivity contribution in [1.82, 2.24) is 92.9 Å². The normalized spacial score (nSPS) is 14.9. The van der Waals surface area contributed by atoms with Gasteiger partial charge in [0.25, 0.3) is 41.4 Å². The first kappa shape index (κ1) is 97.9. The van der Waals surface area contributed by atoms with Gasteiger partial charge in [-0.2, -0.15) is 0 Å². The van der Waals surface area contributed by atoms with Crippen LogP contribution < -0.4 is 31.3 Å². The number of carbonyl (C=O) groups is 7. The van der Waals surface area contributed by atoms with Gasteiger partial charge < -0.3 is 69.6 Å². The Bertz CT molecular complexity index is 7050. The van der Waals surface area contributed by atoms with Crippen molar-refractivity contribution < 1.29 is 52.5 Å². The van der Waals surface area contributed by atoms with Crippen molar-refractivity contribution in [2.24, 2.45) is 0 Å². The van der Waals surface area contributed by atoms with Gasteiger partial charge in [0.05, 0.1) is 76.8 Å². The van der Waals surface area contributed by atoms with E-state index in [-0.39, 0.29) is 58.4 Å². The SMILES string of the molecule is CC(C)NC(=O)c1ccc(-n2ccc3cc(C(=O)N4CCC(C)(F)CC4)cnc32)cc1.CNC(=O)c1cncc(-n2ccc3cc(C(=O)N4CCCCC4)cnc32)c1.COc1ccc(-n2c(CCC(C)(C)O)cc3cc(C(=O)N4CCCCC4)cnc32)cc1.COc1ccc(-n2ccc3c(=O)c(C(=O)N4CCCCC4)c[nH]c32)cc1.Cc1cc(-n2ccc3cc(C(=O)N4CCCCC4)cnc32)cnc1N. The van der Waals surface area contributed by atoms with Crippen LogP contribution in [0.15, 0.2) is 219 Å². The summed E-state index contributed by atoms with van der Waals surface area (Å²) in [6.07, 6.45) is 35.8. The number of likely N-dealkylation sites (tertiary alicyclic amines) is 5. The Morgan fingerprint density at radius 2 is 0.879 bits per heavy atom. The van der Waals surface area contributed by atoms with Crippen molar-refractivity contribution in [1.29, 1.82) is 0 Å². The Kier molecular flexibility index (Phi) is 30.5. The molecule has 31 nitrogen and oxygen atoms in total. The lowest BCUT2D eigenvalue weighted by molar-refractivity contribution is 0.0502. The highest BCUT2D eigenvalue weighted by atomic mass is 19.1. The first-order valence-corrected chi connectivity index (χ1v) is 48.2. The number of hydrogen-bond acceptors (Lipinski definition) is 18. The molecule has 7 amide bonds. The standard InChI is InChI=1S/C25H31N3O3.C24H27FN4O2.C20H21N5O2.C20H21N3O3.C19H21N5O/c1-25(2,30)12-11-21-16-18-15-19(24(29)27-13-5-4-6-14-27)17-26-23(18)28(21)20-7-9-22(31-3)10-8-20;1-16(2)27-22(30)17-4-6-20(7-5-17)29-11-8-18-14-19(15-26-21(18)29)23(31)28-12-9-24(3,25)10-13-28;1-21-19(26)15-10-17(13-22-11-15)25-8-5-14-9-16(12-23-18(14)25)20(27)24-6-3-2-4-7-24;1-26-15-7-5-14(6-8-15)23-12-9-16-18(24)17(13-21-19(16)23)20(25)22-10-3-2-4-11-22;1-13-9-16(12-21-17(13)20)24-8-5-14-10-15(11-22-18(14)24)19(25)23-6-3-2-4-7-23/h7-10,15-17,30H,4-6,11-14H2,1-3H3;4-8,11,14-16H,9-10,12-13H2,1-3H3,(H,27,30);5,8-13H,2-4,6-7H2,1H3,(H,21,26);5-9,12-13H,2-4,10-11H2,1H3,(H,21,24);5,8-12H,2-4,6-7H2,1H3,(H2,20,21). The molecule has 32 heteroatoms. The molecule has 5 fully saturated rings. The molecular formula is C108H121FN20O11. The zero-order valence-electron chi connectivity index (χ0n) is 80.8. The number of aromatic amines is 1. The quantitative estimate of drug-likeness (QED) is 0.0533. The molecule has 12 aromatic heterocycles. The summed E-state index contributed by atoms with van der Waals surface area (Å²) in [7, 11) is 4.86. The number of pyridine rings is 7. The van der Waals surface area contributed by atoms with Gasteiger partial charge in [-0.3, -0.25) is 57.0 Å². The van der Waals surface area contributed by atoms with Crippen LogP contribution in [0.2, 0.25) is 0 Å². The highest BCUT2D eigenvalue weighted by Gasteiger charge is 2.33. The highest BCUT2D eigenvalue weighted by Crippen LogP contribution is 2.33. The molecule has 5 aliphatic heterocycles. The lowest BCUT2D eigenvalue weighted by atomic mass is 9.95. The summed E-state index contributed by atoms with van der Waals surface area (Å²) in [5, 5.41) is 19.8. The van der Waals surface area contributed by atoms with Crippen LogP contribution in [-0.4, -0.2) is 233 Å². The van der Waals surface area contributed by atoms with E-state index in [0.717, 1.165) is 205 Å². The van der Waals surface area contributed by atoms with Crippen molar-refractivity contribution >= 4 is 102 Å². The van der Waals surface area contributed by atoms with E-state index >= 15 is 0 Å². The van der Waals surface area contributed by atoms with E-state index in [2.05, 4.69) is 51.2 Å². The minimum atomic E-state index is -1.19. The lowest BCUT2D eigenvalue weighted by Crippen LogP contribution is -2.43. The summed E-state index contributed by atoms with van der Waals surface area (Å²) in [5.41, 5.74) is 17.5. The fourth-order valence-corrected chi connectivity index (χ4v) is 18.3. The smallest absolute Gasteiger partial charge is 0.259 e. The zero-order chi connectivity index (χ0) is 98.5. The van der Waals surface area contributed by atoms with E-state index in [1.165, 1.54) is 25.5 Å². The zero-order valence-corrected chi connectivity index (χ0v) is 80.8. The number of nitrogens with one attached hydrogen (secondary N) is 3. The Balaban J connectivity index is 0.000000126. The number of nitrogens with two attached hydrogens (primary N) is 1. The number of benzene rings is 3. The van der Waals surface area contributed by atoms with E-state index in [9.17, 15) is 47.9 Å². The average Bonchev–Trinajstić information content (AvgIpc) is 1.64. The van der Waals surface area contributed by atoms with Crippen LogP contribution in [0.25, 0.3) is 83.6 Å². The molecule has 0 unspecified atom stereocenters. The number of halogens is 1.